The molecule has 0 saturated heterocycles. The molecule has 0 bridgehead atoms. The van der Waals surface area contributed by atoms with Crippen molar-refractivity contribution < 1.29 is 4.79 Å². The Kier molecular flexibility index (Phi) is 4.10. The molecule has 0 fully saturated rings. The van der Waals surface area contributed by atoms with E-state index in [4.69, 9.17) is 0 Å². The van der Waals surface area contributed by atoms with E-state index in [1.54, 1.807) is 12.4 Å². The van der Waals surface area contributed by atoms with Crippen LogP contribution in [-0.4, -0.2) is 31.8 Å². The Morgan fingerprint density at radius 1 is 1.59 bits per heavy atom. The van der Waals surface area contributed by atoms with Crippen molar-refractivity contribution >= 4 is 34.1 Å². The number of hydrogen-bond acceptors (Lipinski definition) is 6. The first-order valence-electron chi connectivity index (χ1n) is 5.02. The second-order valence-electron chi connectivity index (χ2n) is 3.09. The number of H-pyrrole nitrogens is 1. The average Bonchev–Trinajstić information content (AvgIpc) is 2.97. The van der Waals surface area contributed by atoms with Crippen molar-refractivity contribution in [1.82, 2.24) is 20.2 Å². The lowest BCUT2D eigenvalue weighted by atomic mass is 10.5. The molecule has 8 heteroatoms. The molecule has 0 spiro atoms. The van der Waals surface area contributed by atoms with Crippen molar-refractivity contribution in [2.75, 3.05) is 11.1 Å². The summed E-state index contributed by atoms with van der Waals surface area (Å²) in [4.78, 5) is 18.5. The first kappa shape index (κ1) is 12.1. The highest BCUT2D eigenvalue weighted by atomic mass is 32.2. The summed E-state index contributed by atoms with van der Waals surface area (Å²) in [5.74, 6) is 0.194. The maximum Gasteiger partial charge on any atom is 0.236 e. The third-order valence-corrected chi connectivity index (χ3v) is 3.72. The molecule has 17 heavy (non-hydrogen) atoms. The molecule has 0 atom stereocenters. The molecule has 6 nitrogen and oxygen atoms in total. The third-order valence-electron chi connectivity index (χ3n) is 1.83. The summed E-state index contributed by atoms with van der Waals surface area (Å²) in [7, 11) is 0. The van der Waals surface area contributed by atoms with Gasteiger partial charge in [0.2, 0.25) is 11.0 Å². The summed E-state index contributed by atoms with van der Waals surface area (Å²) in [6.45, 7) is 2.00. The smallest absolute Gasteiger partial charge is 0.236 e. The molecule has 1 amide bonds. The summed E-state index contributed by atoms with van der Waals surface area (Å²) >= 11 is 2.74. The maximum atomic E-state index is 11.6. The quantitative estimate of drug-likeness (QED) is 0.805. The number of carbonyl (C=O) groups excluding carboxylic acids is 1. The predicted octanol–water partition coefficient (Wildman–Crippen LogP) is 1.55. The lowest BCUT2D eigenvalue weighted by Crippen LogP contribution is -2.13. The van der Waals surface area contributed by atoms with Gasteiger partial charge in [-0.05, 0) is 6.42 Å². The number of anilines is 1. The van der Waals surface area contributed by atoms with Crippen molar-refractivity contribution in [1.29, 1.82) is 0 Å². The van der Waals surface area contributed by atoms with Gasteiger partial charge >= 0.3 is 0 Å². The molecule has 90 valence electrons. The first-order valence-corrected chi connectivity index (χ1v) is 6.82. The fraction of sp³-hybridized carbons (Fsp3) is 0.333. The van der Waals surface area contributed by atoms with Gasteiger partial charge in [-0.2, -0.15) is 0 Å². The summed E-state index contributed by atoms with van der Waals surface area (Å²) in [6, 6.07) is 0. The number of amides is 1. The van der Waals surface area contributed by atoms with E-state index >= 15 is 0 Å². The number of imidazole rings is 1. The largest absolute Gasteiger partial charge is 0.340 e. The maximum absolute atomic E-state index is 11.6. The Morgan fingerprint density at radius 2 is 2.47 bits per heavy atom. The van der Waals surface area contributed by atoms with Crippen LogP contribution >= 0.6 is 23.1 Å². The molecule has 2 heterocycles. The van der Waals surface area contributed by atoms with E-state index in [0.29, 0.717) is 10.9 Å². The minimum absolute atomic E-state index is 0.106. The highest BCUT2D eigenvalue weighted by Crippen LogP contribution is 2.17. The monoisotopic (exact) mass is 269 g/mol. The van der Waals surface area contributed by atoms with Gasteiger partial charge in [0, 0.05) is 12.4 Å². The molecule has 0 aliphatic rings. The van der Waals surface area contributed by atoms with E-state index in [0.717, 1.165) is 16.6 Å². The van der Waals surface area contributed by atoms with Gasteiger partial charge in [0.25, 0.3) is 0 Å². The van der Waals surface area contributed by atoms with E-state index in [-0.39, 0.29) is 5.91 Å². The zero-order valence-corrected chi connectivity index (χ0v) is 10.8. The van der Waals surface area contributed by atoms with Crippen LogP contribution in [0.3, 0.4) is 0 Å². The molecule has 0 unspecified atom stereocenters. The Hall–Kier alpha value is -1.41. The zero-order chi connectivity index (χ0) is 12.1. The Labute approximate surface area is 106 Å². The van der Waals surface area contributed by atoms with Gasteiger partial charge in [0.15, 0.2) is 5.16 Å². The molecular formula is C9H11N5OS2. The third kappa shape index (κ3) is 3.53. The molecule has 2 rings (SSSR count). The van der Waals surface area contributed by atoms with Gasteiger partial charge < -0.3 is 4.98 Å². The van der Waals surface area contributed by atoms with E-state index < -0.39 is 0 Å². The first-order chi connectivity index (χ1) is 8.28. The van der Waals surface area contributed by atoms with Crippen LogP contribution in [0.5, 0.6) is 0 Å². The van der Waals surface area contributed by atoms with Crippen LogP contribution in [0.4, 0.5) is 5.13 Å². The van der Waals surface area contributed by atoms with Gasteiger partial charge in [0.05, 0.1) is 5.75 Å². The van der Waals surface area contributed by atoms with E-state index in [2.05, 4.69) is 25.5 Å². The number of aryl methyl sites for hydroxylation is 1. The van der Waals surface area contributed by atoms with Crippen molar-refractivity contribution in [3.8, 4) is 0 Å². The zero-order valence-electron chi connectivity index (χ0n) is 9.14. The van der Waals surface area contributed by atoms with Crippen LogP contribution in [0.2, 0.25) is 0 Å². The van der Waals surface area contributed by atoms with Gasteiger partial charge in [0.1, 0.15) is 5.01 Å². The second kappa shape index (κ2) is 5.78. The number of aromatic nitrogens is 4. The van der Waals surface area contributed by atoms with Crippen LogP contribution in [0, 0.1) is 0 Å². The SMILES string of the molecule is CCc1nnc(NC(=O)CSc2ncc[nH]2)s1. The van der Waals surface area contributed by atoms with Crippen molar-refractivity contribution in [3.05, 3.63) is 17.4 Å². The van der Waals surface area contributed by atoms with Crippen LogP contribution in [0.25, 0.3) is 0 Å². The highest BCUT2D eigenvalue weighted by Gasteiger charge is 2.08. The number of nitrogens with one attached hydrogen (secondary N) is 2. The standard InChI is InChI=1S/C9H11N5OS2/c1-2-7-13-14-9(17-7)12-6(15)5-16-8-10-3-4-11-8/h3-4H,2,5H2,1H3,(H,10,11)(H,12,14,15). The van der Waals surface area contributed by atoms with Gasteiger partial charge in [-0.3, -0.25) is 10.1 Å². The normalized spacial score (nSPS) is 10.4. The molecule has 0 saturated carbocycles. The van der Waals surface area contributed by atoms with Gasteiger partial charge in [-0.15, -0.1) is 10.2 Å². The number of nitrogens with zero attached hydrogens (tertiary/aromatic N) is 3. The molecular weight excluding hydrogens is 258 g/mol. The minimum Gasteiger partial charge on any atom is -0.340 e. The van der Waals surface area contributed by atoms with Crippen LogP contribution in [0.15, 0.2) is 17.6 Å². The van der Waals surface area contributed by atoms with Crippen LogP contribution in [0.1, 0.15) is 11.9 Å². The Morgan fingerprint density at radius 3 is 3.12 bits per heavy atom. The van der Waals surface area contributed by atoms with Crippen LogP contribution < -0.4 is 5.32 Å². The lowest BCUT2D eigenvalue weighted by Gasteiger charge is -1.98. The number of carbonyl (C=O) groups is 1. The molecule has 2 N–H and O–H groups in total. The Balaban J connectivity index is 1.81. The number of thioether (sulfide) groups is 1. The summed E-state index contributed by atoms with van der Waals surface area (Å²) < 4.78 is 0. The highest BCUT2D eigenvalue weighted by molar-refractivity contribution is 7.99. The fourth-order valence-corrected chi connectivity index (χ4v) is 2.39. The van der Waals surface area contributed by atoms with E-state index in [9.17, 15) is 4.79 Å². The summed E-state index contributed by atoms with van der Waals surface area (Å²) in [6.07, 6.45) is 4.20. The minimum atomic E-state index is -0.106. The number of aromatic amines is 1. The molecule has 2 aromatic heterocycles. The molecule has 2 aromatic rings. The van der Waals surface area contributed by atoms with E-state index in [1.165, 1.54) is 23.1 Å². The van der Waals surface area contributed by atoms with Crippen molar-refractivity contribution in [2.45, 2.75) is 18.5 Å². The van der Waals surface area contributed by atoms with Gasteiger partial charge in [-0.25, -0.2) is 4.98 Å². The van der Waals surface area contributed by atoms with E-state index in [1.807, 2.05) is 6.92 Å². The predicted molar refractivity (Wildman–Crippen MR) is 67.2 cm³/mol. The topological polar surface area (TPSA) is 83.6 Å². The Bertz CT molecular complexity index is 481. The lowest BCUT2D eigenvalue weighted by molar-refractivity contribution is -0.113. The second-order valence-corrected chi connectivity index (χ2v) is 5.11. The van der Waals surface area contributed by atoms with Gasteiger partial charge in [-0.1, -0.05) is 30.0 Å². The van der Waals surface area contributed by atoms with Crippen LogP contribution in [-0.2, 0) is 11.2 Å². The summed E-state index contributed by atoms with van der Waals surface area (Å²) in [5.41, 5.74) is 0. The fourth-order valence-electron chi connectivity index (χ4n) is 1.07. The number of hydrogen-bond donors (Lipinski definition) is 2. The summed E-state index contributed by atoms with van der Waals surface area (Å²) in [5, 5.41) is 12.7. The average molecular weight is 269 g/mol. The number of rotatable bonds is 5. The molecule has 0 aromatic carbocycles. The molecule has 0 aliphatic heterocycles. The van der Waals surface area contributed by atoms with Crippen molar-refractivity contribution in [2.24, 2.45) is 0 Å². The molecule has 0 aliphatic carbocycles. The molecule has 0 radical (unpaired) electrons. The van der Waals surface area contributed by atoms with Crippen molar-refractivity contribution in [3.63, 3.8) is 0 Å².